The van der Waals surface area contributed by atoms with Crippen molar-refractivity contribution >= 4 is 15.9 Å². The molecule has 148 valence electrons. The van der Waals surface area contributed by atoms with Gasteiger partial charge < -0.3 is 5.11 Å². The molecule has 0 radical (unpaired) electrons. The van der Waals surface area contributed by atoms with E-state index >= 15 is 0 Å². The Bertz CT molecular complexity index is 1060. The van der Waals surface area contributed by atoms with E-state index in [0.29, 0.717) is 23.3 Å². The Morgan fingerprint density at radius 1 is 1.07 bits per heavy atom. The lowest BCUT2D eigenvalue weighted by Gasteiger charge is -2.20. The lowest BCUT2D eigenvalue weighted by atomic mass is 9.85. The summed E-state index contributed by atoms with van der Waals surface area (Å²) in [5, 5.41) is 19.3. The van der Waals surface area contributed by atoms with Crippen molar-refractivity contribution in [2.24, 2.45) is 0 Å². The van der Waals surface area contributed by atoms with Crippen molar-refractivity contribution in [1.29, 1.82) is 5.26 Å². The molecule has 0 amide bonds. The van der Waals surface area contributed by atoms with Gasteiger partial charge in [0, 0.05) is 0 Å². The van der Waals surface area contributed by atoms with E-state index in [1.807, 2.05) is 20.8 Å². The van der Waals surface area contributed by atoms with Crippen LogP contribution < -0.4 is 0 Å². The average Bonchev–Trinajstić information content (AvgIpc) is 2.59. The van der Waals surface area contributed by atoms with E-state index in [2.05, 4.69) is 0 Å². The first kappa shape index (κ1) is 21.5. The minimum Gasteiger partial charge on any atom is -0.508 e. The summed E-state index contributed by atoms with van der Waals surface area (Å²) < 4.78 is 63.3. The topological polar surface area (TPSA) is 78.2 Å². The SMILES string of the molecule is CC(C)(C)c1cc(C=C(C#N)S(=O)(=O)c2ccc(C(F)(F)F)cc2)ccc1O. The quantitative estimate of drug-likeness (QED) is 0.720. The number of phenols is 1. The fraction of sp³-hybridized carbons (Fsp3) is 0.250. The van der Waals surface area contributed by atoms with Crippen LogP contribution in [-0.2, 0) is 21.4 Å². The number of nitrogens with zero attached hydrogens (tertiary/aromatic N) is 1. The molecule has 2 aromatic carbocycles. The summed E-state index contributed by atoms with van der Waals surface area (Å²) in [7, 11) is -4.30. The number of rotatable bonds is 3. The van der Waals surface area contributed by atoms with Gasteiger partial charge >= 0.3 is 6.18 Å². The smallest absolute Gasteiger partial charge is 0.416 e. The maximum absolute atomic E-state index is 12.7. The van der Waals surface area contributed by atoms with Gasteiger partial charge in [-0.1, -0.05) is 26.8 Å². The predicted molar refractivity (Wildman–Crippen MR) is 99.0 cm³/mol. The van der Waals surface area contributed by atoms with E-state index in [-0.39, 0.29) is 5.75 Å². The third-order valence-electron chi connectivity index (χ3n) is 4.02. The second-order valence-electron chi connectivity index (χ2n) is 7.17. The minimum atomic E-state index is -4.59. The molecule has 0 saturated heterocycles. The average molecular weight is 409 g/mol. The van der Waals surface area contributed by atoms with Crippen molar-refractivity contribution in [3.8, 4) is 11.8 Å². The van der Waals surface area contributed by atoms with Gasteiger partial charge in [-0.25, -0.2) is 8.42 Å². The molecule has 0 heterocycles. The normalized spacial score (nSPS) is 13.2. The van der Waals surface area contributed by atoms with Crippen LogP contribution in [0.5, 0.6) is 5.75 Å². The second-order valence-corrected chi connectivity index (χ2v) is 9.09. The van der Waals surface area contributed by atoms with Crippen LogP contribution in [0.2, 0.25) is 0 Å². The Kier molecular flexibility index (Phi) is 5.62. The number of benzene rings is 2. The summed E-state index contributed by atoms with van der Waals surface area (Å²) in [4.78, 5) is -1.03. The first-order valence-electron chi connectivity index (χ1n) is 8.14. The highest BCUT2D eigenvalue weighted by Crippen LogP contribution is 2.33. The number of nitriles is 1. The number of allylic oxidation sites excluding steroid dienone is 1. The minimum absolute atomic E-state index is 0.0359. The van der Waals surface area contributed by atoms with Crippen LogP contribution in [0.1, 0.15) is 37.5 Å². The van der Waals surface area contributed by atoms with Crippen LogP contribution in [0, 0.1) is 11.3 Å². The zero-order valence-corrected chi connectivity index (χ0v) is 16.2. The zero-order valence-electron chi connectivity index (χ0n) is 15.4. The Balaban J connectivity index is 2.51. The summed E-state index contributed by atoms with van der Waals surface area (Å²) >= 11 is 0. The van der Waals surface area contributed by atoms with E-state index in [9.17, 15) is 32.0 Å². The Morgan fingerprint density at radius 2 is 1.64 bits per heavy atom. The van der Waals surface area contributed by atoms with Gasteiger partial charge in [0.2, 0.25) is 9.84 Å². The molecule has 8 heteroatoms. The molecular formula is C20H18F3NO3S. The van der Waals surface area contributed by atoms with E-state index in [1.165, 1.54) is 12.1 Å². The molecule has 4 nitrogen and oxygen atoms in total. The Morgan fingerprint density at radius 3 is 2.11 bits per heavy atom. The van der Waals surface area contributed by atoms with E-state index in [0.717, 1.165) is 18.2 Å². The first-order chi connectivity index (χ1) is 12.8. The van der Waals surface area contributed by atoms with E-state index in [4.69, 9.17) is 0 Å². The van der Waals surface area contributed by atoms with Gasteiger partial charge in [0.25, 0.3) is 0 Å². The maximum Gasteiger partial charge on any atom is 0.416 e. The lowest BCUT2D eigenvalue weighted by molar-refractivity contribution is -0.137. The molecule has 0 bridgehead atoms. The fourth-order valence-corrected chi connectivity index (χ4v) is 3.68. The highest BCUT2D eigenvalue weighted by molar-refractivity contribution is 7.95. The Labute approximate surface area is 161 Å². The molecule has 0 spiro atoms. The summed E-state index contributed by atoms with van der Waals surface area (Å²) in [6, 6.07) is 8.95. The summed E-state index contributed by atoms with van der Waals surface area (Å²) in [5.74, 6) is 0.0359. The molecule has 1 N–H and O–H groups in total. The predicted octanol–water partition coefficient (Wildman–Crippen LogP) is 5.05. The highest BCUT2D eigenvalue weighted by Gasteiger charge is 2.31. The van der Waals surface area contributed by atoms with Crippen LogP contribution >= 0.6 is 0 Å². The van der Waals surface area contributed by atoms with Crippen molar-refractivity contribution in [1.82, 2.24) is 0 Å². The van der Waals surface area contributed by atoms with E-state index < -0.39 is 36.8 Å². The van der Waals surface area contributed by atoms with Crippen LogP contribution in [0.25, 0.3) is 6.08 Å². The monoisotopic (exact) mass is 409 g/mol. The molecule has 28 heavy (non-hydrogen) atoms. The van der Waals surface area contributed by atoms with Gasteiger partial charge in [-0.2, -0.15) is 18.4 Å². The summed E-state index contributed by atoms with van der Waals surface area (Å²) in [6.07, 6.45) is -3.47. The van der Waals surface area contributed by atoms with Gasteiger partial charge in [0.1, 0.15) is 16.7 Å². The molecule has 0 unspecified atom stereocenters. The van der Waals surface area contributed by atoms with Crippen LogP contribution in [0.4, 0.5) is 13.2 Å². The number of hydrogen-bond acceptors (Lipinski definition) is 4. The van der Waals surface area contributed by atoms with Crippen molar-refractivity contribution in [3.05, 3.63) is 64.1 Å². The van der Waals surface area contributed by atoms with Crippen molar-refractivity contribution in [2.45, 2.75) is 37.3 Å². The molecule has 0 aliphatic heterocycles. The Hall–Kier alpha value is -2.79. The molecule has 0 atom stereocenters. The second kappa shape index (κ2) is 7.32. The summed E-state index contributed by atoms with van der Waals surface area (Å²) in [6.45, 7) is 5.58. The number of halogens is 3. The molecule has 0 aliphatic carbocycles. The van der Waals surface area contributed by atoms with Gasteiger partial charge in [-0.15, -0.1) is 0 Å². The molecule has 2 aromatic rings. The molecule has 0 aliphatic rings. The van der Waals surface area contributed by atoms with Crippen LogP contribution in [0.3, 0.4) is 0 Å². The van der Waals surface area contributed by atoms with Crippen molar-refractivity contribution in [2.75, 3.05) is 0 Å². The third kappa shape index (κ3) is 4.54. The number of aromatic hydroxyl groups is 1. The van der Waals surface area contributed by atoms with Crippen molar-refractivity contribution in [3.63, 3.8) is 0 Å². The molecule has 0 fully saturated rings. The number of alkyl halides is 3. The third-order valence-corrected chi connectivity index (χ3v) is 5.70. The fourth-order valence-electron chi connectivity index (χ4n) is 2.52. The lowest BCUT2D eigenvalue weighted by Crippen LogP contribution is -2.11. The van der Waals surface area contributed by atoms with E-state index in [1.54, 1.807) is 12.1 Å². The van der Waals surface area contributed by atoms with Gasteiger partial charge in [-0.3, -0.25) is 0 Å². The number of sulfone groups is 1. The molecule has 0 saturated carbocycles. The van der Waals surface area contributed by atoms with Gasteiger partial charge in [0.15, 0.2) is 0 Å². The highest BCUT2D eigenvalue weighted by atomic mass is 32.2. The maximum atomic E-state index is 12.7. The molecular weight excluding hydrogens is 391 g/mol. The van der Waals surface area contributed by atoms with Gasteiger partial charge in [-0.05, 0) is 59.0 Å². The first-order valence-corrected chi connectivity index (χ1v) is 9.63. The number of phenolic OH excluding ortho intramolecular Hbond substituents is 1. The molecule has 2 rings (SSSR count). The van der Waals surface area contributed by atoms with Crippen LogP contribution in [0.15, 0.2) is 52.3 Å². The largest absolute Gasteiger partial charge is 0.508 e. The van der Waals surface area contributed by atoms with Crippen molar-refractivity contribution < 1.29 is 26.7 Å². The zero-order chi connectivity index (χ0) is 21.3. The standard InChI is InChI=1S/C20H18F3NO3S/c1-19(2,3)17-11-13(4-9-18(17)25)10-16(12-24)28(26,27)15-7-5-14(6-8-15)20(21,22)23/h4-11,25H,1-3H3. The summed E-state index contributed by atoms with van der Waals surface area (Å²) in [5.41, 5.74) is -0.477. The van der Waals surface area contributed by atoms with Gasteiger partial charge in [0.05, 0.1) is 10.5 Å². The van der Waals surface area contributed by atoms with Crippen LogP contribution in [-0.4, -0.2) is 13.5 Å². The molecule has 0 aromatic heterocycles. The number of hydrogen-bond donors (Lipinski definition) is 1.